The van der Waals surface area contributed by atoms with Crippen LogP contribution in [0.15, 0.2) is 41.4 Å². The average Bonchev–Trinajstić information content (AvgIpc) is 2.42. The van der Waals surface area contributed by atoms with Crippen LogP contribution in [0.1, 0.15) is 5.56 Å². The summed E-state index contributed by atoms with van der Waals surface area (Å²) in [5, 5.41) is 0.354. The van der Waals surface area contributed by atoms with Gasteiger partial charge in [0.2, 0.25) is 0 Å². The van der Waals surface area contributed by atoms with E-state index in [9.17, 15) is 8.42 Å². The molecular weight excluding hydrogens is 300 g/mol. The Morgan fingerprint density at radius 3 is 2.65 bits per heavy atom. The number of benzene rings is 1. The zero-order chi connectivity index (χ0) is 14.8. The van der Waals surface area contributed by atoms with E-state index in [0.29, 0.717) is 5.02 Å². The fourth-order valence-electron chi connectivity index (χ4n) is 1.62. The molecule has 1 aromatic heterocycles. The minimum Gasteiger partial charge on any atom is -0.495 e. The zero-order valence-corrected chi connectivity index (χ0v) is 12.5. The number of aromatic nitrogens is 1. The number of ether oxygens (including phenoxy) is 1. The Morgan fingerprint density at radius 1 is 1.30 bits per heavy atom. The van der Waals surface area contributed by atoms with Crippen molar-refractivity contribution in [1.29, 1.82) is 0 Å². The van der Waals surface area contributed by atoms with Crippen molar-refractivity contribution in [2.45, 2.75) is 11.8 Å². The summed E-state index contributed by atoms with van der Waals surface area (Å²) in [4.78, 5) is 3.89. The summed E-state index contributed by atoms with van der Waals surface area (Å²) in [5.41, 5.74) is 0.736. The Morgan fingerprint density at radius 2 is 2.05 bits per heavy atom. The van der Waals surface area contributed by atoms with E-state index < -0.39 is 10.0 Å². The van der Waals surface area contributed by atoms with Crippen LogP contribution in [-0.2, 0) is 10.0 Å². The minimum absolute atomic E-state index is 0.0266. The molecule has 5 nitrogen and oxygen atoms in total. The fraction of sp³-hybridized carbons (Fsp3) is 0.154. The van der Waals surface area contributed by atoms with Gasteiger partial charge in [-0.2, -0.15) is 0 Å². The molecule has 1 heterocycles. The first kappa shape index (κ1) is 14.6. The van der Waals surface area contributed by atoms with Crippen LogP contribution in [0.4, 0.5) is 5.82 Å². The lowest BCUT2D eigenvalue weighted by atomic mass is 10.2. The summed E-state index contributed by atoms with van der Waals surface area (Å²) in [6.45, 7) is 1.77. The quantitative estimate of drug-likeness (QED) is 0.942. The van der Waals surface area contributed by atoms with Gasteiger partial charge in [-0.3, -0.25) is 4.72 Å². The monoisotopic (exact) mass is 312 g/mol. The highest BCUT2D eigenvalue weighted by molar-refractivity contribution is 7.92. The standard InChI is InChI=1S/C13H13ClN2O3S/c1-9-7-11(19-2)12(8-10(9)14)20(17,18)16-13-5-3-4-6-15-13/h3-8H,1-2H3,(H,15,16). The van der Waals surface area contributed by atoms with Gasteiger partial charge in [0, 0.05) is 11.2 Å². The zero-order valence-electron chi connectivity index (χ0n) is 10.9. The van der Waals surface area contributed by atoms with Gasteiger partial charge in [-0.05, 0) is 36.8 Å². The van der Waals surface area contributed by atoms with Gasteiger partial charge in [-0.15, -0.1) is 0 Å². The van der Waals surface area contributed by atoms with Crippen molar-refractivity contribution in [2.24, 2.45) is 0 Å². The molecule has 0 aliphatic rings. The smallest absolute Gasteiger partial charge is 0.266 e. The van der Waals surface area contributed by atoms with Crippen molar-refractivity contribution in [2.75, 3.05) is 11.8 Å². The van der Waals surface area contributed by atoms with E-state index in [1.807, 2.05) is 0 Å². The molecule has 0 aliphatic heterocycles. The number of hydrogen-bond acceptors (Lipinski definition) is 4. The third kappa shape index (κ3) is 3.02. The van der Waals surface area contributed by atoms with Gasteiger partial charge in [-0.1, -0.05) is 17.7 Å². The molecule has 2 rings (SSSR count). The Balaban J connectivity index is 2.47. The number of anilines is 1. The topological polar surface area (TPSA) is 68.3 Å². The fourth-order valence-corrected chi connectivity index (χ4v) is 3.04. The maximum atomic E-state index is 12.4. The van der Waals surface area contributed by atoms with Crippen LogP contribution in [0.5, 0.6) is 5.75 Å². The molecule has 0 saturated heterocycles. The van der Waals surface area contributed by atoms with Gasteiger partial charge in [0.1, 0.15) is 16.5 Å². The Kier molecular flexibility index (Phi) is 4.15. The molecule has 0 fully saturated rings. The average molecular weight is 313 g/mol. The van der Waals surface area contributed by atoms with Crippen LogP contribution in [-0.4, -0.2) is 20.5 Å². The summed E-state index contributed by atoms with van der Waals surface area (Å²) in [6, 6.07) is 7.88. The first-order valence-electron chi connectivity index (χ1n) is 5.72. The van der Waals surface area contributed by atoms with Crippen LogP contribution in [0.25, 0.3) is 0 Å². The second kappa shape index (κ2) is 5.68. The van der Waals surface area contributed by atoms with Crippen molar-refractivity contribution in [3.05, 3.63) is 47.1 Å². The molecule has 0 bridgehead atoms. The van der Waals surface area contributed by atoms with Crippen LogP contribution in [0.3, 0.4) is 0 Å². The Hall–Kier alpha value is -1.79. The third-order valence-electron chi connectivity index (χ3n) is 2.64. The first-order valence-corrected chi connectivity index (χ1v) is 7.58. The lowest BCUT2D eigenvalue weighted by Gasteiger charge is -2.12. The molecule has 106 valence electrons. The highest BCUT2D eigenvalue weighted by Gasteiger charge is 2.21. The van der Waals surface area contributed by atoms with E-state index in [1.54, 1.807) is 31.2 Å². The molecule has 1 aromatic carbocycles. The van der Waals surface area contributed by atoms with E-state index >= 15 is 0 Å². The number of sulfonamides is 1. The predicted octanol–water partition coefficient (Wildman–Crippen LogP) is 2.85. The Bertz CT molecular complexity index is 718. The summed E-state index contributed by atoms with van der Waals surface area (Å²) >= 11 is 5.99. The summed E-state index contributed by atoms with van der Waals surface area (Å²) in [5.74, 6) is 0.460. The highest BCUT2D eigenvalue weighted by atomic mass is 35.5. The van der Waals surface area contributed by atoms with Crippen molar-refractivity contribution < 1.29 is 13.2 Å². The number of nitrogens with zero attached hydrogens (tertiary/aromatic N) is 1. The maximum Gasteiger partial charge on any atom is 0.266 e. The largest absolute Gasteiger partial charge is 0.495 e. The predicted molar refractivity (Wildman–Crippen MR) is 77.8 cm³/mol. The van der Waals surface area contributed by atoms with Crippen LogP contribution >= 0.6 is 11.6 Å². The Labute approximate surface area is 122 Å². The van der Waals surface area contributed by atoms with E-state index in [-0.39, 0.29) is 16.5 Å². The van der Waals surface area contributed by atoms with Crippen LogP contribution in [0, 0.1) is 6.92 Å². The van der Waals surface area contributed by atoms with Gasteiger partial charge < -0.3 is 4.74 Å². The number of pyridine rings is 1. The number of methoxy groups -OCH3 is 1. The molecule has 0 aliphatic carbocycles. The molecule has 0 amide bonds. The summed E-state index contributed by atoms with van der Waals surface area (Å²) in [6.07, 6.45) is 1.50. The number of halogens is 1. The molecular formula is C13H13ClN2O3S. The van der Waals surface area contributed by atoms with Crippen LogP contribution in [0.2, 0.25) is 5.02 Å². The van der Waals surface area contributed by atoms with Gasteiger partial charge in [0.15, 0.2) is 0 Å². The number of hydrogen-bond donors (Lipinski definition) is 1. The van der Waals surface area contributed by atoms with E-state index in [4.69, 9.17) is 16.3 Å². The van der Waals surface area contributed by atoms with Gasteiger partial charge in [-0.25, -0.2) is 13.4 Å². The third-order valence-corrected chi connectivity index (χ3v) is 4.42. The van der Waals surface area contributed by atoms with Gasteiger partial charge in [0.25, 0.3) is 10.0 Å². The molecule has 20 heavy (non-hydrogen) atoms. The molecule has 7 heteroatoms. The van der Waals surface area contributed by atoms with Crippen molar-refractivity contribution in [3.63, 3.8) is 0 Å². The SMILES string of the molecule is COc1cc(C)c(Cl)cc1S(=O)(=O)Nc1ccccn1. The summed E-state index contributed by atoms with van der Waals surface area (Å²) in [7, 11) is -2.41. The molecule has 0 saturated carbocycles. The molecule has 0 atom stereocenters. The number of aryl methyl sites for hydroxylation is 1. The van der Waals surface area contributed by atoms with Crippen molar-refractivity contribution in [3.8, 4) is 5.75 Å². The van der Waals surface area contributed by atoms with E-state index in [0.717, 1.165) is 5.56 Å². The molecule has 1 N–H and O–H groups in total. The number of rotatable bonds is 4. The molecule has 0 spiro atoms. The summed E-state index contributed by atoms with van der Waals surface area (Å²) < 4.78 is 32.2. The van der Waals surface area contributed by atoms with Crippen molar-refractivity contribution >= 4 is 27.4 Å². The van der Waals surface area contributed by atoms with E-state index in [2.05, 4.69) is 9.71 Å². The van der Waals surface area contributed by atoms with Crippen LogP contribution < -0.4 is 9.46 Å². The van der Waals surface area contributed by atoms with E-state index in [1.165, 1.54) is 19.4 Å². The highest BCUT2D eigenvalue weighted by Crippen LogP contribution is 2.31. The first-order chi connectivity index (χ1) is 9.44. The molecule has 2 aromatic rings. The second-order valence-corrected chi connectivity index (χ2v) is 6.13. The van der Waals surface area contributed by atoms with Crippen molar-refractivity contribution in [1.82, 2.24) is 4.98 Å². The second-order valence-electron chi connectivity index (χ2n) is 4.07. The maximum absolute atomic E-state index is 12.4. The normalized spacial score (nSPS) is 11.2. The number of nitrogens with one attached hydrogen (secondary N) is 1. The van der Waals surface area contributed by atoms with Gasteiger partial charge in [0.05, 0.1) is 7.11 Å². The molecule has 0 unspecified atom stereocenters. The van der Waals surface area contributed by atoms with Gasteiger partial charge >= 0.3 is 0 Å². The lowest BCUT2D eigenvalue weighted by molar-refractivity contribution is 0.402. The lowest BCUT2D eigenvalue weighted by Crippen LogP contribution is -2.15. The molecule has 0 radical (unpaired) electrons. The minimum atomic E-state index is -3.82.